The lowest BCUT2D eigenvalue weighted by atomic mass is 10.1. The highest BCUT2D eigenvalue weighted by molar-refractivity contribution is 5.14. The number of aromatic nitrogens is 2. The van der Waals surface area contributed by atoms with Crippen molar-refractivity contribution in [2.24, 2.45) is 7.05 Å². The molecule has 0 saturated carbocycles. The predicted octanol–water partition coefficient (Wildman–Crippen LogP) is 2.17. The van der Waals surface area contributed by atoms with Crippen LogP contribution in [-0.2, 0) is 13.6 Å². The summed E-state index contributed by atoms with van der Waals surface area (Å²) in [5, 5.41) is 7.80. The van der Waals surface area contributed by atoms with Crippen molar-refractivity contribution in [3.8, 4) is 0 Å². The molecule has 1 heterocycles. The van der Waals surface area contributed by atoms with Crippen molar-refractivity contribution in [2.45, 2.75) is 39.3 Å². The summed E-state index contributed by atoms with van der Waals surface area (Å²) in [5.41, 5.74) is 2.39. The number of hydrogen-bond donors (Lipinski definition) is 1. The van der Waals surface area contributed by atoms with Crippen LogP contribution in [0, 0.1) is 6.92 Å². The zero-order valence-electron chi connectivity index (χ0n) is 9.95. The van der Waals surface area contributed by atoms with Crippen molar-refractivity contribution >= 4 is 0 Å². The molecule has 0 aromatic carbocycles. The summed E-state index contributed by atoms with van der Waals surface area (Å²) in [7, 11) is 1.96. The van der Waals surface area contributed by atoms with Gasteiger partial charge in [0, 0.05) is 31.4 Å². The lowest BCUT2D eigenvalue weighted by Gasteiger charge is -2.11. The minimum absolute atomic E-state index is 0.530. The van der Waals surface area contributed by atoms with Crippen LogP contribution in [-0.4, -0.2) is 15.8 Å². The van der Waals surface area contributed by atoms with Gasteiger partial charge in [-0.3, -0.25) is 4.68 Å². The van der Waals surface area contributed by atoms with Crippen molar-refractivity contribution in [3.63, 3.8) is 0 Å². The Kier molecular flexibility index (Phi) is 4.56. The molecule has 3 nitrogen and oxygen atoms in total. The van der Waals surface area contributed by atoms with Gasteiger partial charge in [-0.05, 0) is 26.7 Å². The molecule has 0 bridgehead atoms. The van der Waals surface area contributed by atoms with Gasteiger partial charge in [0.05, 0.1) is 5.69 Å². The molecular formula is C12H21N3. The Bertz CT molecular complexity index is 315. The first kappa shape index (κ1) is 12.0. The maximum Gasteiger partial charge on any atom is 0.0638 e. The molecular weight excluding hydrogens is 186 g/mol. The van der Waals surface area contributed by atoms with Gasteiger partial charge in [-0.15, -0.1) is 6.58 Å². The second kappa shape index (κ2) is 5.71. The first-order valence-electron chi connectivity index (χ1n) is 5.47. The Hall–Kier alpha value is -1.09. The second-order valence-corrected chi connectivity index (χ2v) is 4.06. The zero-order valence-corrected chi connectivity index (χ0v) is 9.95. The largest absolute Gasteiger partial charge is 0.310 e. The van der Waals surface area contributed by atoms with Crippen LogP contribution in [0.2, 0.25) is 0 Å². The Balaban J connectivity index is 2.36. The Morgan fingerprint density at radius 3 is 2.93 bits per heavy atom. The molecule has 0 aliphatic carbocycles. The van der Waals surface area contributed by atoms with Crippen LogP contribution in [0.5, 0.6) is 0 Å². The van der Waals surface area contributed by atoms with Crippen molar-refractivity contribution in [1.29, 1.82) is 0 Å². The van der Waals surface area contributed by atoms with Crippen LogP contribution in [0.1, 0.15) is 31.0 Å². The summed E-state index contributed by atoms with van der Waals surface area (Å²) in [5.74, 6) is 0. The third-order valence-corrected chi connectivity index (χ3v) is 2.56. The molecule has 3 heteroatoms. The molecule has 84 valence electrons. The summed E-state index contributed by atoms with van der Waals surface area (Å²) in [6, 6.07) is 0.530. The van der Waals surface area contributed by atoms with E-state index in [1.54, 1.807) is 0 Å². The van der Waals surface area contributed by atoms with Gasteiger partial charge in [-0.1, -0.05) is 6.08 Å². The number of hydrogen-bond acceptors (Lipinski definition) is 2. The average molecular weight is 207 g/mol. The normalized spacial score (nSPS) is 12.7. The van der Waals surface area contributed by atoms with Crippen LogP contribution in [0.3, 0.4) is 0 Å². The molecule has 1 aromatic rings. The van der Waals surface area contributed by atoms with Crippen LogP contribution in [0.15, 0.2) is 18.9 Å². The lowest BCUT2D eigenvalue weighted by molar-refractivity contribution is 0.517. The van der Waals surface area contributed by atoms with E-state index >= 15 is 0 Å². The van der Waals surface area contributed by atoms with Crippen LogP contribution in [0.25, 0.3) is 0 Å². The third kappa shape index (κ3) is 3.88. The van der Waals surface area contributed by atoms with E-state index in [-0.39, 0.29) is 0 Å². The summed E-state index contributed by atoms with van der Waals surface area (Å²) in [4.78, 5) is 0. The molecule has 0 amide bonds. The Morgan fingerprint density at radius 2 is 2.40 bits per heavy atom. The molecule has 0 spiro atoms. The van der Waals surface area contributed by atoms with Crippen molar-refractivity contribution in [3.05, 3.63) is 30.1 Å². The first-order chi connectivity index (χ1) is 7.13. The van der Waals surface area contributed by atoms with Gasteiger partial charge in [0.2, 0.25) is 0 Å². The van der Waals surface area contributed by atoms with Gasteiger partial charge in [-0.25, -0.2) is 0 Å². The molecule has 0 radical (unpaired) electrons. The number of aryl methyl sites for hydroxylation is 2. The fraction of sp³-hybridized carbons (Fsp3) is 0.583. The Labute approximate surface area is 92.2 Å². The smallest absolute Gasteiger partial charge is 0.0638 e. The number of nitrogens with one attached hydrogen (secondary N) is 1. The predicted molar refractivity (Wildman–Crippen MR) is 63.7 cm³/mol. The summed E-state index contributed by atoms with van der Waals surface area (Å²) < 4.78 is 1.86. The molecule has 1 N–H and O–H groups in total. The summed E-state index contributed by atoms with van der Waals surface area (Å²) in [6.07, 6.45) is 6.25. The Morgan fingerprint density at radius 1 is 1.67 bits per heavy atom. The SMILES string of the molecule is C=CCCC(C)NCc1cn(C)nc1C. The van der Waals surface area contributed by atoms with E-state index in [4.69, 9.17) is 0 Å². The van der Waals surface area contributed by atoms with E-state index in [2.05, 4.69) is 30.1 Å². The van der Waals surface area contributed by atoms with Gasteiger partial charge in [0.15, 0.2) is 0 Å². The van der Waals surface area contributed by atoms with Crippen molar-refractivity contribution in [2.75, 3.05) is 0 Å². The molecule has 1 unspecified atom stereocenters. The van der Waals surface area contributed by atoms with Crippen molar-refractivity contribution in [1.82, 2.24) is 15.1 Å². The maximum atomic E-state index is 4.31. The topological polar surface area (TPSA) is 29.9 Å². The lowest BCUT2D eigenvalue weighted by Crippen LogP contribution is -2.25. The molecule has 0 fully saturated rings. The molecule has 1 rings (SSSR count). The fourth-order valence-corrected chi connectivity index (χ4v) is 1.58. The first-order valence-corrected chi connectivity index (χ1v) is 5.47. The maximum absolute atomic E-state index is 4.31. The summed E-state index contributed by atoms with van der Waals surface area (Å²) in [6.45, 7) is 8.88. The van der Waals surface area contributed by atoms with E-state index in [1.165, 1.54) is 5.56 Å². The van der Waals surface area contributed by atoms with E-state index in [0.717, 1.165) is 25.1 Å². The zero-order chi connectivity index (χ0) is 11.3. The van der Waals surface area contributed by atoms with Gasteiger partial charge in [0.1, 0.15) is 0 Å². The van der Waals surface area contributed by atoms with Gasteiger partial charge in [0.25, 0.3) is 0 Å². The van der Waals surface area contributed by atoms with Crippen LogP contribution in [0.4, 0.5) is 0 Å². The molecule has 0 aliphatic rings. The number of nitrogens with zero attached hydrogens (tertiary/aromatic N) is 2. The third-order valence-electron chi connectivity index (χ3n) is 2.56. The fourth-order valence-electron chi connectivity index (χ4n) is 1.58. The molecule has 1 atom stereocenters. The van der Waals surface area contributed by atoms with E-state index in [0.29, 0.717) is 6.04 Å². The minimum Gasteiger partial charge on any atom is -0.310 e. The van der Waals surface area contributed by atoms with E-state index < -0.39 is 0 Å². The molecule has 0 saturated heterocycles. The highest BCUT2D eigenvalue weighted by Crippen LogP contribution is 2.05. The second-order valence-electron chi connectivity index (χ2n) is 4.06. The van der Waals surface area contributed by atoms with Gasteiger partial charge < -0.3 is 5.32 Å². The number of allylic oxidation sites excluding steroid dienone is 1. The highest BCUT2D eigenvalue weighted by Gasteiger charge is 2.04. The monoisotopic (exact) mass is 207 g/mol. The van der Waals surface area contributed by atoms with E-state index in [1.807, 2.05) is 24.7 Å². The van der Waals surface area contributed by atoms with Crippen molar-refractivity contribution < 1.29 is 0 Å². The summed E-state index contributed by atoms with van der Waals surface area (Å²) >= 11 is 0. The average Bonchev–Trinajstić information content (AvgIpc) is 2.51. The van der Waals surface area contributed by atoms with Crippen LogP contribution >= 0.6 is 0 Å². The quantitative estimate of drug-likeness (QED) is 0.725. The molecule has 15 heavy (non-hydrogen) atoms. The number of rotatable bonds is 6. The minimum atomic E-state index is 0.530. The van der Waals surface area contributed by atoms with E-state index in [9.17, 15) is 0 Å². The highest BCUT2D eigenvalue weighted by atomic mass is 15.2. The molecule has 1 aromatic heterocycles. The molecule has 0 aliphatic heterocycles. The standard InChI is InChI=1S/C12H21N3/c1-5-6-7-10(2)13-8-12-9-15(4)14-11(12)3/h5,9-10,13H,1,6-8H2,2-4H3. The van der Waals surface area contributed by atoms with Crippen LogP contribution < -0.4 is 5.32 Å². The van der Waals surface area contributed by atoms with Gasteiger partial charge in [-0.2, -0.15) is 5.10 Å². The van der Waals surface area contributed by atoms with Gasteiger partial charge >= 0.3 is 0 Å².